The lowest BCUT2D eigenvalue weighted by atomic mass is 9.99. The molecule has 0 aromatic heterocycles. The first-order valence-corrected chi connectivity index (χ1v) is 8.02. The molecule has 2 aromatic carbocycles. The van der Waals surface area contributed by atoms with Gasteiger partial charge in [0.25, 0.3) is 0 Å². The molecule has 2 N–H and O–H groups in total. The van der Waals surface area contributed by atoms with Gasteiger partial charge < -0.3 is 15.3 Å². The predicted molar refractivity (Wildman–Crippen MR) is 90.3 cm³/mol. The average molecular weight is 342 g/mol. The Balaban J connectivity index is 1.74. The fourth-order valence-corrected chi connectivity index (χ4v) is 3.22. The van der Waals surface area contributed by atoms with Crippen LogP contribution in [-0.2, 0) is 16.0 Å². The fraction of sp³-hybridized carbons (Fsp3) is 0.263. The zero-order chi connectivity index (χ0) is 18.0. The summed E-state index contributed by atoms with van der Waals surface area (Å²) in [5.74, 6) is -0.548. The molecule has 5 nitrogen and oxygen atoms in total. The van der Waals surface area contributed by atoms with E-state index < -0.39 is 0 Å². The van der Waals surface area contributed by atoms with Crippen LogP contribution in [0.25, 0.3) is 0 Å². The van der Waals surface area contributed by atoms with Gasteiger partial charge in [0.15, 0.2) is 0 Å². The van der Waals surface area contributed by atoms with E-state index in [4.69, 9.17) is 0 Å². The van der Waals surface area contributed by atoms with E-state index in [9.17, 15) is 19.1 Å². The Morgan fingerprint density at radius 1 is 1.28 bits per heavy atom. The smallest absolute Gasteiger partial charge is 0.225 e. The first kappa shape index (κ1) is 17.0. The van der Waals surface area contributed by atoms with E-state index in [0.29, 0.717) is 5.56 Å². The van der Waals surface area contributed by atoms with Crippen LogP contribution >= 0.6 is 0 Å². The van der Waals surface area contributed by atoms with Gasteiger partial charge in [0.1, 0.15) is 11.6 Å². The maximum absolute atomic E-state index is 13.2. The van der Waals surface area contributed by atoms with E-state index in [1.807, 2.05) is 0 Å². The summed E-state index contributed by atoms with van der Waals surface area (Å²) < 4.78 is 13.2. The van der Waals surface area contributed by atoms with Crippen molar-refractivity contribution in [2.45, 2.75) is 24.9 Å². The molecule has 1 fully saturated rings. The van der Waals surface area contributed by atoms with Gasteiger partial charge in [-0.25, -0.2) is 4.39 Å². The third kappa shape index (κ3) is 3.79. The van der Waals surface area contributed by atoms with Crippen LogP contribution in [0.1, 0.15) is 23.6 Å². The van der Waals surface area contributed by atoms with Crippen molar-refractivity contribution >= 4 is 11.8 Å². The number of rotatable bonds is 4. The average Bonchev–Trinajstić information content (AvgIpc) is 2.82. The Kier molecular flexibility index (Phi) is 4.70. The highest BCUT2D eigenvalue weighted by Gasteiger charge is 2.39. The summed E-state index contributed by atoms with van der Waals surface area (Å²) in [7, 11) is 1.68. The Morgan fingerprint density at radius 2 is 2.00 bits per heavy atom. The summed E-state index contributed by atoms with van der Waals surface area (Å²) in [6.45, 7) is 0. The van der Waals surface area contributed by atoms with Crippen LogP contribution in [0.4, 0.5) is 4.39 Å². The normalized spacial score (nSPS) is 19.9. The van der Waals surface area contributed by atoms with Crippen LogP contribution in [-0.4, -0.2) is 34.9 Å². The third-order valence-corrected chi connectivity index (χ3v) is 4.42. The number of amides is 2. The molecule has 1 aliphatic heterocycles. The summed E-state index contributed by atoms with van der Waals surface area (Å²) in [6.07, 6.45) is 0.309. The molecule has 0 spiro atoms. The highest BCUT2D eigenvalue weighted by molar-refractivity contribution is 5.84. The molecule has 130 valence electrons. The van der Waals surface area contributed by atoms with E-state index >= 15 is 0 Å². The number of halogens is 1. The van der Waals surface area contributed by atoms with Crippen molar-refractivity contribution < 1.29 is 19.1 Å². The number of hydrogen-bond donors (Lipinski definition) is 2. The lowest BCUT2D eigenvalue weighted by Gasteiger charge is -2.26. The number of phenols is 1. The third-order valence-electron chi connectivity index (χ3n) is 4.42. The Bertz CT molecular complexity index is 792. The highest BCUT2D eigenvalue weighted by atomic mass is 19.1. The number of phenolic OH excluding ortho intramolecular Hbond substituents is 1. The van der Waals surface area contributed by atoms with Crippen LogP contribution in [0.15, 0.2) is 48.5 Å². The summed E-state index contributed by atoms with van der Waals surface area (Å²) in [4.78, 5) is 26.0. The van der Waals surface area contributed by atoms with Gasteiger partial charge >= 0.3 is 0 Å². The Morgan fingerprint density at radius 3 is 2.68 bits per heavy atom. The number of carbonyl (C=O) groups is 2. The maximum atomic E-state index is 13.2. The van der Waals surface area contributed by atoms with Crippen LogP contribution in [0.5, 0.6) is 5.75 Å². The number of likely N-dealkylation sites (N-methyl/N-ethyl adjacent to an activating group) is 1. The van der Waals surface area contributed by atoms with Crippen LogP contribution in [0.2, 0.25) is 0 Å². The van der Waals surface area contributed by atoms with Crippen molar-refractivity contribution in [1.82, 2.24) is 10.2 Å². The van der Waals surface area contributed by atoms with Gasteiger partial charge in [-0.3, -0.25) is 9.59 Å². The number of nitrogens with one attached hydrogen (secondary N) is 1. The quantitative estimate of drug-likeness (QED) is 0.895. The van der Waals surface area contributed by atoms with Gasteiger partial charge in [-0.15, -0.1) is 0 Å². The molecule has 0 aliphatic carbocycles. The van der Waals surface area contributed by atoms with Crippen molar-refractivity contribution in [2.24, 2.45) is 0 Å². The first-order valence-electron chi connectivity index (χ1n) is 8.02. The summed E-state index contributed by atoms with van der Waals surface area (Å²) >= 11 is 0. The molecule has 0 radical (unpaired) electrons. The molecule has 6 heteroatoms. The molecule has 25 heavy (non-hydrogen) atoms. The number of nitrogens with zero attached hydrogens (tertiary/aromatic N) is 1. The summed E-state index contributed by atoms with van der Waals surface area (Å²) in [6, 6.07) is 11.7. The van der Waals surface area contributed by atoms with Crippen LogP contribution < -0.4 is 5.32 Å². The fourth-order valence-electron chi connectivity index (χ4n) is 3.22. The van der Waals surface area contributed by atoms with Crippen molar-refractivity contribution in [1.29, 1.82) is 0 Å². The SMILES string of the molecule is CN1C(=O)C[C@@H](NC(=O)Cc2cccc(O)c2)[C@@H]1c1ccc(F)cc1. The van der Waals surface area contributed by atoms with Crippen LogP contribution in [0, 0.1) is 5.82 Å². The molecule has 0 saturated carbocycles. The van der Waals surface area contributed by atoms with Gasteiger partial charge in [-0.2, -0.15) is 0 Å². The first-order chi connectivity index (χ1) is 11.9. The molecule has 0 unspecified atom stereocenters. The van der Waals surface area contributed by atoms with E-state index in [1.165, 1.54) is 24.3 Å². The molecule has 2 atom stereocenters. The lowest BCUT2D eigenvalue weighted by Crippen LogP contribution is -2.39. The predicted octanol–water partition coefficient (Wildman–Crippen LogP) is 2.16. The second-order valence-electron chi connectivity index (χ2n) is 6.23. The number of benzene rings is 2. The van der Waals surface area contributed by atoms with Crippen molar-refractivity contribution in [2.75, 3.05) is 7.05 Å². The van der Waals surface area contributed by atoms with Crippen LogP contribution in [0.3, 0.4) is 0 Å². The second-order valence-corrected chi connectivity index (χ2v) is 6.23. The second kappa shape index (κ2) is 6.93. The topological polar surface area (TPSA) is 69.6 Å². The van der Waals surface area contributed by atoms with Gasteiger partial charge in [-0.1, -0.05) is 24.3 Å². The Hall–Kier alpha value is -2.89. The molecule has 1 heterocycles. The molecule has 2 aromatic rings. The summed E-state index contributed by atoms with van der Waals surface area (Å²) in [5, 5.41) is 12.4. The minimum atomic E-state index is -0.382. The molecule has 2 amide bonds. The zero-order valence-corrected chi connectivity index (χ0v) is 13.8. The number of aromatic hydroxyl groups is 1. The molecule has 1 saturated heterocycles. The number of hydrogen-bond acceptors (Lipinski definition) is 3. The Labute approximate surface area is 145 Å². The van der Waals surface area contributed by atoms with E-state index in [2.05, 4.69) is 5.32 Å². The summed E-state index contributed by atoms with van der Waals surface area (Å²) in [5.41, 5.74) is 1.46. The molecular weight excluding hydrogens is 323 g/mol. The van der Waals surface area contributed by atoms with Gasteiger partial charge in [-0.05, 0) is 35.4 Å². The standard InChI is InChI=1S/C19H19FN2O3/c1-22-18(25)11-16(19(22)13-5-7-14(20)8-6-13)21-17(24)10-12-3-2-4-15(23)9-12/h2-9,16,19,23H,10-11H2,1H3,(H,21,24)/t16-,19+/m1/s1. The van der Waals surface area contributed by atoms with E-state index in [-0.39, 0.29) is 48.3 Å². The highest BCUT2D eigenvalue weighted by Crippen LogP contribution is 2.32. The van der Waals surface area contributed by atoms with Crippen molar-refractivity contribution in [3.8, 4) is 5.75 Å². The molecule has 0 bridgehead atoms. The minimum Gasteiger partial charge on any atom is -0.508 e. The largest absolute Gasteiger partial charge is 0.508 e. The molecular formula is C19H19FN2O3. The zero-order valence-electron chi connectivity index (χ0n) is 13.8. The van der Waals surface area contributed by atoms with Crippen molar-refractivity contribution in [3.63, 3.8) is 0 Å². The van der Waals surface area contributed by atoms with Gasteiger partial charge in [0.05, 0.1) is 18.5 Å². The van der Waals surface area contributed by atoms with Gasteiger partial charge in [0.2, 0.25) is 11.8 Å². The number of likely N-dealkylation sites (tertiary alicyclic amines) is 1. The molecule has 3 rings (SSSR count). The minimum absolute atomic E-state index is 0.0722. The molecule has 1 aliphatic rings. The maximum Gasteiger partial charge on any atom is 0.225 e. The van der Waals surface area contributed by atoms with E-state index in [1.54, 1.807) is 36.2 Å². The lowest BCUT2D eigenvalue weighted by molar-refractivity contribution is -0.127. The van der Waals surface area contributed by atoms with E-state index in [0.717, 1.165) is 5.56 Å². The van der Waals surface area contributed by atoms with Crippen molar-refractivity contribution in [3.05, 3.63) is 65.5 Å². The van der Waals surface area contributed by atoms with Gasteiger partial charge in [0, 0.05) is 13.5 Å². The number of carbonyl (C=O) groups excluding carboxylic acids is 2. The monoisotopic (exact) mass is 342 g/mol.